The molecule has 0 bridgehead atoms. The molecule has 2 aliphatic heterocycles. The lowest BCUT2D eigenvalue weighted by Gasteiger charge is -2.18. The Kier molecular flexibility index (Phi) is 5.15. The molecule has 0 radical (unpaired) electrons. The molecule has 1 fully saturated rings. The third-order valence-electron chi connectivity index (χ3n) is 5.36. The molecule has 1 unspecified atom stereocenters. The number of fused-ring (bicyclic) bond motifs is 1. The zero-order valence-electron chi connectivity index (χ0n) is 16.8. The Labute approximate surface area is 173 Å². The fraction of sp³-hybridized carbons (Fsp3) is 0.318. The van der Waals surface area contributed by atoms with E-state index in [-0.39, 0.29) is 30.1 Å². The normalized spacial score (nSPS) is 18.0. The van der Waals surface area contributed by atoms with Crippen molar-refractivity contribution in [2.45, 2.75) is 19.1 Å². The van der Waals surface area contributed by atoms with Crippen molar-refractivity contribution in [1.82, 2.24) is 9.80 Å². The Balaban J connectivity index is 1.47. The topological polar surface area (TPSA) is 70.2 Å². The molecular formula is C22H22FN3O4. The van der Waals surface area contributed by atoms with Crippen LogP contribution in [0.15, 0.2) is 42.5 Å². The summed E-state index contributed by atoms with van der Waals surface area (Å²) in [6, 6.07) is 10.9. The van der Waals surface area contributed by atoms with Gasteiger partial charge < -0.3 is 19.4 Å². The van der Waals surface area contributed by atoms with Gasteiger partial charge in [0.05, 0.1) is 0 Å². The van der Waals surface area contributed by atoms with Crippen LogP contribution in [0.4, 0.5) is 10.1 Å². The van der Waals surface area contributed by atoms with E-state index in [0.29, 0.717) is 36.5 Å². The van der Waals surface area contributed by atoms with Crippen molar-refractivity contribution in [3.63, 3.8) is 0 Å². The van der Waals surface area contributed by atoms with Crippen molar-refractivity contribution >= 4 is 23.4 Å². The smallest absolute Gasteiger partial charge is 0.268 e. The van der Waals surface area contributed by atoms with Crippen LogP contribution >= 0.6 is 0 Å². The molecule has 2 aliphatic rings. The van der Waals surface area contributed by atoms with Crippen LogP contribution in [-0.2, 0) is 16.1 Å². The lowest BCUT2D eigenvalue weighted by Crippen LogP contribution is -2.36. The minimum absolute atomic E-state index is 0.0199. The molecule has 2 heterocycles. The first-order valence-electron chi connectivity index (χ1n) is 9.69. The predicted molar refractivity (Wildman–Crippen MR) is 108 cm³/mol. The fourth-order valence-electron chi connectivity index (χ4n) is 3.65. The van der Waals surface area contributed by atoms with Gasteiger partial charge in [-0.05, 0) is 42.0 Å². The molecule has 4 rings (SSSR count). The molecular weight excluding hydrogens is 389 g/mol. The molecule has 0 spiro atoms. The number of carbonyl (C=O) groups is 3. The minimum atomic E-state index is -0.659. The van der Waals surface area contributed by atoms with E-state index in [1.165, 1.54) is 34.1 Å². The molecule has 0 N–H and O–H groups in total. The van der Waals surface area contributed by atoms with Crippen LogP contribution in [0.5, 0.6) is 5.75 Å². The second kappa shape index (κ2) is 7.78. The maximum atomic E-state index is 13.1. The quantitative estimate of drug-likeness (QED) is 0.755. The van der Waals surface area contributed by atoms with Crippen LogP contribution in [0, 0.1) is 5.82 Å². The van der Waals surface area contributed by atoms with Gasteiger partial charge in [-0.25, -0.2) is 4.39 Å². The van der Waals surface area contributed by atoms with Gasteiger partial charge in [0.15, 0.2) is 6.10 Å². The van der Waals surface area contributed by atoms with Crippen LogP contribution in [0.2, 0.25) is 0 Å². The second-order valence-corrected chi connectivity index (χ2v) is 7.63. The summed E-state index contributed by atoms with van der Waals surface area (Å²) < 4.78 is 18.8. The van der Waals surface area contributed by atoms with Gasteiger partial charge in [-0.15, -0.1) is 0 Å². The van der Waals surface area contributed by atoms with Crippen LogP contribution in [0.1, 0.15) is 22.3 Å². The predicted octanol–water partition coefficient (Wildman–Crippen LogP) is 2.05. The van der Waals surface area contributed by atoms with Crippen molar-refractivity contribution < 1.29 is 23.5 Å². The SMILES string of the molecule is CN(C)C(=O)CN1Cc2ccc(N3CCC(Oc4ccc(F)cc4)C3=O)cc2C1=O. The number of halogens is 1. The van der Waals surface area contributed by atoms with Gasteiger partial charge in [-0.2, -0.15) is 0 Å². The van der Waals surface area contributed by atoms with Gasteiger partial charge in [0.2, 0.25) is 5.91 Å². The van der Waals surface area contributed by atoms with E-state index in [1.54, 1.807) is 25.1 Å². The van der Waals surface area contributed by atoms with Crippen molar-refractivity contribution in [1.29, 1.82) is 0 Å². The molecule has 2 aromatic rings. The van der Waals surface area contributed by atoms with Crippen LogP contribution in [0.25, 0.3) is 0 Å². The molecule has 0 aromatic heterocycles. The summed E-state index contributed by atoms with van der Waals surface area (Å²) >= 11 is 0. The van der Waals surface area contributed by atoms with Crippen molar-refractivity contribution in [3.8, 4) is 5.75 Å². The van der Waals surface area contributed by atoms with E-state index in [2.05, 4.69) is 0 Å². The Bertz CT molecular complexity index is 1010. The summed E-state index contributed by atoms with van der Waals surface area (Å²) in [6.07, 6.45) is -0.168. The molecule has 3 amide bonds. The molecule has 1 saturated heterocycles. The first kappa shape index (κ1) is 19.9. The number of anilines is 1. The van der Waals surface area contributed by atoms with Gasteiger partial charge in [0.1, 0.15) is 18.1 Å². The highest BCUT2D eigenvalue weighted by molar-refractivity contribution is 6.03. The highest BCUT2D eigenvalue weighted by Crippen LogP contribution is 2.30. The number of rotatable bonds is 5. The summed E-state index contributed by atoms with van der Waals surface area (Å²) in [6.45, 7) is 0.852. The van der Waals surface area contributed by atoms with E-state index >= 15 is 0 Å². The minimum Gasteiger partial charge on any atom is -0.481 e. The Hall–Kier alpha value is -3.42. The number of nitrogens with zero attached hydrogens (tertiary/aromatic N) is 3. The molecule has 0 aliphatic carbocycles. The molecule has 30 heavy (non-hydrogen) atoms. The van der Waals surface area contributed by atoms with Crippen LogP contribution in [-0.4, -0.2) is 60.8 Å². The number of likely N-dealkylation sites (N-methyl/N-ethyl adjacent to an activating group) is 1. The van der Waals surface area contributed by atoms with E-state index in [1.807, 2.05) is 12.1 Å². The molecule has 156 valence electrons. The average Bonchev–Trinajstić information content (AvgIpc) is 3.23. The summed E-state index contributed by atoms with van der Waals surface area (Å²) in [4.78, 5) is 42.1. The van der Waals surface area contributed by atoms with Crippen LogP contribution in [0.3, 0.4) is 0 Å². The van der Waals surface area contributed by atoms with Gasteiger partial charge >= 0.3 is 0 Å². The molecule has 8 heteroatoms. The maximum absolute atomic E-state index is 13.1. The molecule has 0 saturated carbocycles. The van der Waals surface area contributed by atoms with Crippen molar-refractivity contribution in [2.75, 3.05) is 32.1 Å². The number of hydrogen-bond donors (Lipinski definition) is 0. The fourth-order valence-corrected chi connectivity index (χ4v) is 3.65. The van der Waals surface area contributed by atoms with E-state index in [9.17, 15) is 18.8 Å². The highest BCUT2D eigenvalue weighted by atomic mass is 19.1. The van der Waals surface area contributed by atoms with Crippen molar-refractivity contribution in [3.05, 3.63) is 59.4 Å². The van der Waals surface area contributed by atoms with Crippen molar-refractivity contribution in [2.24, 2.45) is 0 Å². The highest BCUT2D eigenvalue weighted by Gasteiger charge is 2.36. The Morgan fingerprint density at radius 3 is 2.60 bits per heavy atom. The summed E-state index contributed by atoms with van der Waals surface area (Å²) in [5.74, 6) is -0.503. The Morgan fingerprint density at radius 2 is 1.90 bits per heavy atom. The number of amides is 3. The number of ether oxygens (including phenoxy) is 1. The van der Waals surface area contributed by atoms with E-state index in [4.69, 9.17) is 4.74 Å². The third-order valence-corrected chi connectivity index (χ3v) is 5.36. The van der Waals surface area contributed by atoms with E-state index < -0.39 is 6.10 Å². The van der Waals surface area contributed by atoms with Gasteiger partial charge in [0.25, 0.3) is 11.8 Å². The zero-order chi connectivity index (χ0) is 21.4. The average molecular weight is 411 g/mol. The number of hydrogen-bond acceptors (Lipinski definition) is 4. The largest absolute Gasteiger partial charge is 0.481 e. The second-order valence-electron chi connectivity index (χ2n) is 7.63. The lowest BCUT2D eigenvalue weighted by atomic mass is 10.1. The zero-order valence-corrected chi connectivity index (χ0v) is 16.8. The maximum Gasteiger partial charge on any atom is 0.268 e. The van der Waals surface area contributed by atoms with E-state index in [0.717, 1.165) is 5.56 Å². The first-order valence-corrected chi connectivity index (χ1v) is 9.69. The molecule has 1 atom stereocenters. The summed E-state index contributed by atoms with van der Waals surface area (Å²) in [5, 5.41) is 0. The van der Waals surface area contributed by atoms with Gasteiger partial charge in [0, 0.05) is 44.9 Å². The lowest BCUT2D eigenvalue weighted by molar-refractivity contribution is -0.129. The molecule has 7 nitrogen and oxygen atoms in total. The van der Waals surface area contributed by atoms with Gasteiger partial charge in [-0.1, -0.05) is 6.07 Å². The first-order chi connectivity index (χ1) is 14.3. The Morgan fingerprint density at radius 1 is 1.17 bits per heavy atom. The molecule has 2 aromatic carbocycles. The standard InChI is InChI=1S/C22H22FN3O4/c1-24(2)20(27)13-25-12-14-3-6-16(11-18(14)21(25)28)26-10-9-19(22(26)29)30-17-7-4-15(23)5-8-17/h3-8,11,19H,9-10,12-13H2,1-2H3. The number of carbonyl (C=O) groups excluding carboxylic acids is 3. The van der Waals surface area contributed by atoms with Crippen LogP contribution < -0.4 is 9.64 Å². The summed E-state index contributed by atoms with van der Waals surface area (Å²) in [5.41, 5.74) is 1.97. The monoisotopic (exact) mass is 411 g/mol. The van der Waals surface area contributed by atoms with Gasteiger partial charge in [-0.3, -0.25) is 14.4 Å². The third kappa shape index (κ3) is 3.72. The summed E-state index contributed by atoms with van der Waals surface area (Å²) in [7, 11) is 3.30. The number of benzene rings is 2.